The molecule has 638 valence electrons. The summed E-state index contributed by atoms with van der Waals surface area (Å²) in [7, 11) is 0. The molecule has 0 atom stereocenters. The van der Waals surface area contributed by atoms with E-state index in [4.69, 9.17) is 0 Å². The summed E-state index contributed by atoms with van der Waals surface area (Å²) < 4.78 is 0. The van der Waals surface area contributed by atoms with Crippen LogP contribution >= 0.6 is 0 Å². The van der Waals surface area contributed by atoms with E-state index in [1.165, 1.54) is 302 Å². The molecule has 0 radical (unpaired) electrons. The van der Waals surface area contributed by atoms with Crippen LogP contribution in [0.25, 0.3) is 130 Å². The Hall–Kier alpha value is -13.0. The second-order valence-corrected chi connectivity index (χ2v) is 38.2. The fourth-order valence-corrected chi connectivity index (χ4v) is 20.7. The van der Waals surface area contributed by atoms with E-state index in [1.807, 2.05) is 0 Å². The maximum Gasteiger partial charge on any atom is 0.0725 e. The fraction of sp³-hybridized carbons (Fsp3) is 0.219. The average Bonchev–Trinajstić information content (AvgIpc) is 1.50. The molecular weight excluding hydrogens is 1540 g/mol. The van der Waals surface area contributed by atoms with Crippen molar-refractivity contribution in [1.82, 2.24) is 0 Å². The maximum absolute atomic E-state index is 2.42. The van der Waals surface area contributed by atoms with Gasteiger partial charge in [-0.2, -0.15) is 0 Å². The van der Waals surface area contributed by atoms with Crippen molar-refractivity contribution in [2.45, 2.75) is 192 Å². The second-order valence-electron chi connectivity index (χ2n) is 38.2. The molecule has 0 nitrogen and oxygen atoms in total. The summed E-state index contributed by atoms with van der Waals surface area (Å²) in [6, 6.07) is 102. The SMILES string of the molecule is Cc1cc(C)c(C)cc1C.Cc1ccc(C)c2c(C)ccc(C)c12.Cc1ccc2c(C)c(C)ccc2c1C.Cc1ccc2c(C)c3cc(C)ccc3c(C)c2c1.Cc1ccc2c(c1)C1(c3ccccc3-2)c2cc(C)ccc2-c2ccc(C)cc21.Cc1ccc2c(c1)c1cc(C)ccc1c1cc(C)c(C)cc21.Cc1ccc2c3ccc(C)cc3c3cc(C)c(C)cc3c2c1. The summed E-state index contributed by atoms with van der Waals surface area (Å²) in [6.45, 7) is 59.0. The Morgan fingerprint density at radius 2 is 0.328 bits per heavy atom. The highest BCUT2D eigenvalue weighted by Crippen LogP contribution is 2.63. The topological polar surface area (TPSA) is 0 Å². The van der Waals surface area contributed by atoms with Crippen molar-refractivity contribution in [2.75, 3.05) is 0 Å². The molecule has 0 N–H and O–H groups in total. The molecule has 0 bridgehead atoms. The summed E-state index contributed by atoms with van der Waals surface area (Å²) in [5, 5.41) is 27.6. The molecular formula is C128H126. The lowest BCUT2D eigenvalue weighted by Gasteiger charge is -2.31. The van der Waals surface area contributed by atoms with Crippen molar-refractivity contribution in [3.05, 3.63) is 445 Å². The van der Waals surface area contributed by atoms with Crippen LogP contribution < -0.4 is 0 Å². The van der Waals surface area contributed by atoms with Crippen LogP contribution in [0.15, 0.2) is 273 Å². The van der Waals surface area contributed by atoms with Crippen LogP contribution in [0.3, 0.4) is 0 Å². The summed E-state index contributed by atoms with van der Waals surface area (Å²) >= 11 is 0. The van der Waals surface area contributed by atoms with E-state index >= 15 is 0 Å². The van der Waals surface area contributed by atoms with Gasteiger partial charge in [-0.25, -0.2) is 0 Å². The van der Waals surface area contributed by atoms with Crippen molar-refractivity contribution in [3.8, 4) is 22.3 Å². The minimum Gasteiger partial charge on any atom is -0.0619 e. The molecule has 128 heavy (non-hydrogen) atoms. The van der Waals surface area contributed by atoms with Gasteiger partial charge in [0.15, 0.2) is 0 Å². The van der Waals surface area contributed by atoms with Crippen LogP contribution in [0.1, 0.15) is 172 Å². The minimum atomic E-state index is -0.208. The number of hydrogen-bond donors (Lipinski definition) is 0. The number of hydrogen-bond acceptors (Lipinski definition) is 0. The third-order valence-electron chi connectivity index (χ3n) is 28.7. The summed E-state index contributed by atoms with van der Waals surface area (Å²) in [5.41, 5.74) is 47.8. The number of fused-ring (bicyclic) bond motifs is 26. The van der Waals surface area contributed by atoms with E-state index in [9.17, 15) is 0 Å². The molecule has 2 aliphatic rings. The number of rotatable bonds is 0. The largest absolute Gasteiger partial charge is 0.0725 e. The molecule has 0 fully saturated rings. The van der Waals surface area contributed by atoms with Gasteiger partial charge in [0.1, 0.15) is 0 Å². The van der Waals surface area contributed by atoms with Crippen molar-refractivity contribution >= 4 is 108 Å². The molecule has 0 saturated heterocycles. The Balaban J connectivity index is 0.000000112. The smallest absolute Gasteiger partial charge is 0.0619 e. The van der Waals surface area contributed by atoms with Crippen LogP contribution in [0.4, 0.5) is 0 Å². The van der Waals surface area contributed by atoms with Gasteiger partial charge in [0.25, 0.3) is 0 Å². The number of aryl methyl sites for hydroxylation is 27. The van der Waals surface area contributed by atoms with Gasteiger partial charge in [-0.15, -0.1) is 0 Å². The van der Waals surface area contributed by atoms with Crippen molar-refractivity contribution in [1.29, 1.82) is 0 Å². The number of benzene rings is 20. The summed E-state index contributed by atoms with van der Waals surface area (Å²) in [5.74, 6) is 0. The molecule has 20 aromatic rings. The first-order valence-corrected chi connectivity index (χ1v) is 46.1. The molecule has 1 spiro atoms. The molecule has 20 aromatic carbocycles. The summed E-state index contributed by atoms with van der Waals surface area (Å²) in [6.07, 6.45) is 0. The van der Waals surface area contributed by atoms with E-state index in [0.29, 0.717) is 0 Å². The first kappa shape index (κ1) is 88.4. The zero-order chi connectivity index (χ0) is 91.1. The Morgan fingerprint density at radius 3 is 0.633 bits per heavy atom. The molecule has 0 heterocycles. The zero-order valence-corrected chi connectivity index (χ0v) is 81.0. The van der Waals surface area contributed by atoms with E-state index in [-0.39, 0.29) is 5.41 Å². The first-order valence-electron chi connectivity index (χ1n) is 46.1. The molecule has 0 aliphatic heterocycles. The van der Waals surface area contributed by atoms with Crippen LogP contribution in [-0.4, -0.2) is 0 Å². The molecule has 0 saturated carbocycles. The molecule has 22 rings (SSSR count). The highest BCUT2D eigenvalue weighted by atomic mass is 14.5. The average molecular weight is 1660 g/mol. The minimum absolute atomic E-state index is 0.208. The van der Waals surface area contributed by atoms with Gasteiger partial charge in [0.2, 0.25) is 0 Å². The Labute approximate surface area is 762 Å². The predicted octanol–water partition coefficient (Wildman–Crippen LogP) is 36.0. The van der Waals surface area contributed by atoms with E-state index in [2.05, 4.69) is 460 Å². The van der Waals surface area contributed by atoms with Gasteiger partial charge in [-0.3, -0.25) is 0 Å². The standard InChI is InChI=1S/C28H22.2C22H20.C18H18.2C14H16.C10H14/c1-17-8-11-21-20-6-4-5-7-24(20)28(25(21)14-17)26-15-18(2)9-12-22(26)23-13-10-19(3)16-27(23)28;1-13-5-7-17-19(9-13)20-10-14(2)6-8-18(20)22-12-16(4)15(3)11-21(17)22;1-13-5-7-17-18-8-6-14(2)10-20(18)22-12-16(4)15(3)11-21(22)19(17)9-13;1-11-5-7-15-14(4)18-10-12(2)6-8-16(18)13(3)17(15)9-11;1-9-5-7-14-12(4)10(2)6-8-13(14)11(9)3;1-9-5-6-11(3)14-12(4)8-7-10(2)13(9)14;1-7-5-9(3)10(4)6-8(7)2/h4-16H,1-3H3;2*5-12H,1-4H3;5-10H,1-4H3;2*5-8H,1-4H3;5-6H,1-4H3. The van der Waals surface area contributed by atoms with Crippen molar-refractivity contribution in [3.63, 3.8) is 0 Å². The fourth-order valence-electron chi connectivity index (χ4n) is 20.7. The molecule has 0 unspecified atom stereocenters. The Morgan fingerprint density at radius 1 is 0.125 bits per heavy atom. The Bertz CT molecular complexity index is 7380. The quantitative estimate of drug-likeness (QED) is 0.105. The lowest BCUT2D eigenvalue weighted by Crippen LogP contribution is -2.26. The van der Waals surface area contributed by atoms with Gasteiger partial charge in [0, 0.05) is 0 Å². The third kappa shape index (κ3) is 16.3. The van der Waals surface area contributed by atoms with Gasteiger partial charge < -0.3 is 0 Å². The first-order chi connectivity index (χ1) is 61.1. The van der Waals surface area contributed by atoms with Crippen molar-refractivity contribution in [2.24, 2.45) is 0 Å². The lowest BCUT2D eigenvalue weighted by molar-refractivity contribution is 0.790. The van der Waals surface area contributed by atoms with Crippen LogP contribution in [-0.2, 0) is 5.41 Å². The Kier molecular flexibility index (Phi) is 24.4. The maximum atomic E-state index is 2.42. The van der Waals surface area contributed by atoms with E-state index in [1.54, 1.807) is 0 Å². The monoisotopic (exact) mass is 1660 g/mol. The molecule has 0 amide bonds. The van der Waals surface area contributed by atoms with Crippen LogP contribution in [0.2, 0.25) is 0 Å². The molecule has 0 aromatic heterocycles. The highest BCUT2D eigenvalue weighted by molar-refractivity contribution is 6.27. The lowest BCUT2D eigenvalue weighted by atomic mass is 9.70. The van der Waals surface area contributed by atoms with Crippen LogP contribution in [0.5, 0.6) is 0 Å². The summed E-state index contributed by atoms with van der Waals surface area (Å²) in [4.78, 5) is 0. The molecule has 2 aliphatic carbocycles. The predicted molar refractivity (Wildman–Crippen MR) is 564 cm³/mol. The van der Waals surface area contributed by atoms with Crippen molar-refractivity contribution < 1.29 is 0 Å². The normalized spacial score (nSPS) is 11.9. The zero-order valence-electron chi connectivity index (χ0n) is 81.0. The van der Waals surface area contributed by atoms with Gasteiger partial charge in [-0.1, -0.05) is 323 Å². The highest BCUT2D eigenvalue weighted by Gasteiger charge is 2.51. The second kappa shape index (κ2) is 35.3. The van der Waals surface area contributed by atoms with E-state index < -0.39 is 0 Å². The van der Waals surface area contributed by atoms with Crippen LogP contribution in [0, 0.1) is 187 Å². The van der Waals surface area contributed by atoms with Gasteiger partial charge in [0.05, 0.1) is 5.41 Å². The van der Waals surface area contributed by atoms with E-state index in [0.717, 1.165) is 0 Å². The van der Waals surface area contributed by atoms with Gasteiger partial charge >= 0.3 is 0 Å². The van der Waals surface area contributed by atoms with Gasteiger partial charge in [-0.05, 0) is 439 Å². The molecule has 0 heteroatoms. The third-order valence-corrected chi connectivity index (χ3v) is 28.7.